The van der Waals surface area contributed by atoms with Gasteiger partial charge in [-0.2, -0.15) is 0 Å². The van der Waals surface area contributed by atoms with E-state index in [1.54, 1.807) is 19.2 Å². The SMILES string of the molecule is CCOC(=O)Cc1csc(SCC2=C(C(=O)OCC)[C@@H](c3ccccc3)NC(=O)N2)n1. The standard InChI is InChI=1S/C21H23N3O5S2/c1-3-28-16(25)10-14-11-30-21(22-14)31-12-15-17(19(26)29-4-2)18(24-20(27)23-15)13-8-6-5-7-9-13/h5-9,11,18H,3-4,10,12H2,1-2H3,(H2,23,24,27)/t18-/m1/s1. The number of thioether (sulfide) groups is 1. The molecule has 2 aromatic rings. The van der Waals surface area contributed by atoms with Crippen LogP contribution in [0.25, 0.3) is 0 Å². The molecule has 31 heavy (non-hydrogen) atoms. The maximum atomic E-state index is 12.8. The van der Waals surface area contributed by atoms with Crippen LogP contribution < -0.4 is 10.6 Å². The summed E-state index contributed by atoms with van der Waals surface area (Å²) in [5, 5.41) is 7.35. The first-order chi connectivity index (χ1) is 15.0. The van der Waals surface area contributed by atoms with E-state index in [-0.39, 0.29) is 25.0 Å². The number of carbonyl (C=O) groups excluding carboxylic acids is 3. The zero-order valence-corrected chi connectivity index (χ0v) is 18.8. The number of esters is 2. The first-order valence-corrected chi connectivity index (χ1v) is 11.6. The molecular weight excluding hydrogens is 438 g/mol. The minimum absolute atomic E-state index is 0.110. The highest BCUT2D eigenvalue weighted by Crippen LogP contribution is 2.31. The molecule has 0 radical (unpaired) electrons. The lowest BCUT2D eigenvalue weighted by molar-refractivity contribution is -0.142. The molecule has 164 valence electrons. The molecule has 0 aliphatic carbocycles. The third kappa shape index (κ3) is 6.08. The fourth-order valence-electron chi connectivity index (χ4n) is 3.01. The number of carbonyl (C=O) groups is 3. The molecule has 1 aliphatic heterocycles. The summed E-state index contributed by atoms with van der Waals surface area (Å²) in [6, 6.07) is 8.27. The molecule has 1 aliphatic rings. The fraction of sp³-hybridized carbons (Fsp3) is 0.333. The third-order valence-electron chi connectivity index (χ3n) is 4.28. The fourth-order valence-corrected chi connectivity index (χ4v) is 4.82. The van der Waals surface area contributed by atoms with Crippen LogP contribution >= 0.6 is 23.1 Å². The van der Waals surface area contributed by atoms with Crippen LogP contribution in [0.2, 0.25) is 0 Å². The smallest absolute Gasteiger partial charge is 0.338 e. The van der Waals surface area contributed by atoms with Crippen molar-refractivity contribution in [3.63, 3.8) is 0 Å². The van der Waals surface area contributed by atoms with Crippen molar-refractivity contribution in [3.05, 3.63) is 58.2 Å². The maximum Gasteiger partial charge on any atom is 0.338 e. The van der Waals surface area contributed by atoms with Crippen molar-refractivity contribution >= 4 is 41.1 Å². The van der Waals surface area contributed by atoms with E-state index in [1.165, 1.54) is 23.1 Å². The highest BCUT2D eigenvalue weighted by Gasteiger charge is 2.33. The van der Waals surface area contributed by atoms with Gasteiger partial charge in [-0.15, -0.1) is 11.3 Å². The predicted octanol–water partition coefficient (Wildman–Crippen LogP) is 3.21. The van der Waals surface area contributed by atoms with E-state index in [9.17, 15) is 14.4 Å². The molecule has 0 unspecified atom stereocenters. The molecule has 0 saturated heterocycles. The van der Waals surface area contributed by atoms with E-state index < -0.39 is 12.0 Å². The van der Waals surface area contributed by atoms with Crippen molar-refractivity contribution in [1.82, 2.24) is 15.6 Å². The van der Waals surface area contributed by atoms with Crippen LogP contribution in [-0.4, -0.2) is 41.9 Å². The molecule has 2 heterocycles. The lowest BCUT2D eigenvalue weighted by Crippen LogP contribution is -2.46. The first kappa shape index (κ1) is 22.8. The zero-order valence-electron chi connectivity index (χ0n) is 17.2. The summed E-state index contributed by atoms with van der Waals surface area (Å²) < 4.78 is 10.9. The van der Waals surface area contributed by atoms with Crippen molar-refractivity contribution in [1.29, 1.82) is 0 Å². The largest absolute Gasteiger partial charge is 0.466 e. The van der Waals surface area contributed by atoms with Crippen LogP contribution in [-0.2, 0) is 25.5 Å². The Morgan fingerprint density at radius 2 is 1.90 bits per heavy atom. The highest BCUT2D eigenvalue weighted by molar-refractivity contribution is 8.01. The van der Waals surface area contributed by atoms with Gasteiger partial charge < -0.3 is 20.1 Å². The van der Waals surface area contributed by atoms with Crippen molar-refractivity contribution in [2.24, 2.45) is 0 Å². The lowest BCUT2D eigenvalue weighted by atomic mass is 9.95. The summed E-state index contributed by atoms with van der Waals surface area (Å²) in [5.41, 5.74) is 2.25. The molecule has 0 bridgehead atoms. The van der Waals surface area contributed by atoms with E-state index in [1.807, 2.05) is 30.3 Å². The molecule has 0 spiro atoms. The molecule has 10 heteroatoms. The van der Waals surface area contributed by atoms with Gasteiger partial charge in [0.05, 0.1) is 36.9 Å². The number of nitrogens with zero attached hydrogens (tertiary/aromatic N) is 1. The number of ether oxygens (including phenoxy) is 2. The summed E-state index contributed by atoms with van der Waals surface area (Å²) in [4.78, 5) is 41.1. The van der Waals surface area contributed by atoms with Gasteiger partial charge in [-0.1, -0.05) is 42.1 Å². The van der Waals surface area contributed by atoms with E-state index in [4.69, 9.17) is 9.47 Å². The first-order valence-electron chi connectivity index (χ1n) is 9.77. The van der Waals surface area contributed by atoms with Crippen molar-refractivity contribution < 1.29 is 23.9 Å². The Morgan fingerprint density at radius 1 is 1.16 bits per heavy atom. The van der Waals surface area contributed by atoms with E-state index in [0.29, 0.717) is 29.3 Å². The second-order valence-corrected chi connectivity index (χ2v) is 8.51. The van der Waals surface area contributed by atoms with Crippen LogP contribution in [0.5, 0.6) is 0 Å². The second-order valence-electron chi connectivity index (χ2n) is 6.43. The monoisotopic (exact) mass is 461 g/mol. The average Bonchev–Trinajstić information content (AvgIpc) is 3.19. The van der Waals surface area contributed by atoms with Gasteiger partial charge in [0.2, 0.25) is 0 Å². The molecule has 1 atom stereocenters. The molecule has 1 aromatic carbocycles. The van der Waals surface area contributed by atoms with Crippen LogP contribution in [0.1, 0.15) is 31.1 Å². The van der Waals surface area contributed by atoms with Gasteiger partial charge in [0.25, 0.3) is 0 Å². The highest BCUT2D eigenvalue weighted by atomic mass is 32.2. The Hall–Kier alpha value is -2.85. The Labute approximate surface area is 188 Å². The van der Waals surface area contributed by atoms with Crippen molar-refractivity contribution in [3.8, 4) is 0 Å². The van der Waals surface area contributed by atoms with E-state index in [2.05, 4.69) is 15.6 Å². The van der Waals surface area contributed by atoms with Crippen LogP contribution in [0.4, 0.5) is 4.79 Å². The number of benzene rings is 1. The quantitative estimate of drug-likeness (QED) is 0.436. The van der Waals surface area contributed by atoms with Crippen molar-refractivity contribution in [2.75, 3.05) is 19.0 Å². The zero-order chi connectivity index (χ0) is 22.2. The van der Waals surface area contributed by atoms with Gasteiger partial charge in [-0.3, -0.25) is 4.79 Å². The molecule has 0 saturated carbocycles. The average molecular weight is 462 g/mol. The number of hydrogen-bond donors (Lipinski definition) is 2. The topological polar surface area (TPSA) is 107 Å². The number of aromatic nitrogens is 1. The summed E-state index contributed by atoms with van der Waals surface area (Å²) in [6.07, 6.45) is 0.110. The van der Waals surface area contributed by atoms with Crippen molar-refractivity contribution in [2.45, 2.75) is 30.6 Å². The number of urea groups is 1. The summed E-state index contributed by atoms with van der Waals surface area (Å²) in [6.45, 7) is 4.04. The van der Waals surface area contributed by atoms with Gasteiger partial charge in [-0.25, -0.2) is 14.6 Å². The lowest BCUT2D eigenvalue weighted by Gasteiger charge is -2.29. The number of rotatable bonds is 9. The normalized spacial score (nSPS) is 15.8. The van der Waals surface area contributed by atoms with Gasteiger partial charge in [0.1, 0.15) is 0 Å². The summed E-state index contributed by atoms with van der Waals surface area (Å²) in [7, 11) is 0. The van der Waals surface area contributed by atoms with Gasteiger partial charge >= 0.3 is 18.0 Å². The Morgan fingerprint density at radius 3 is 2.61 bits per heavy atom. The number of nitrogens with one attached hydrogen (secondary N) is 2. The molecule has 0 fully saturated rings. The third-order valence-corrected chi connectivity index (χ3v) is 6.38. The molecule has 3 rings (SSSR count). The predicted molar refractivity (Wildman–Crippen MR) is 118 cm³/mol. The number of thiazole rings is 1. The number of hydrogen-bond acceptors (Lipinski definition) is 8. The van der Waals surface area contributed by atoms with E-state index >= 15 is 0 Å². The Kier molecular flexibility index (Phi) is 8.07. The summed E-state index contributed by atoms with van der Waals surface area (Å²) >= 11 is 2.77. The minimum atomic E-state index is -0.611. The Balaban J connectivity index is 1.81. The molecule has 1 aromatic heterocycles. The molecular formula is C21H23N3O5S2. The second kappa shape index (κ2) is 11.0. The van der Waals surface area contributed by atoms with Gasteiger partial charge in [0, 0.05) is 16.8 Å². The maximum absolute atomic E-state index is 12.8. The van der Waals surface area contributed by atoms with Gasteiger partial charge in [0.15, 0.2) is 4.34 Å². The van der Waals surface area contributed by atoms with Crippen LogP contribution in [0.3, 0.4) is 0 Å². The number of amides is 2. The summed E-state index contributed by atoms with van der Waals surface area (Å²) in [5.74, 6) is -0.494. The molecule has 2 amide bonds. The minimum Gasteiger partial charge on any atom is -0.466 e. The van der Waals surface area contributed by atoms with Crippen LogP contribution in [0, 0.1) is 0 Å². The molecule has 2 N–H and O–H groups in total. The van der Waals surface area contributed by atoms with Crippen LogP contribution in [0.15, 0.2) is 51.3 Å². The van der Waals surface area contributed by atoms with Gasteiger partial charge in [-0.05, 0) is 19.4 Å². The Bertz CT molecular complexity index is 974. The van der Waals surface area contributed by atoms with E-state index in [0.717, 1.165) is 9.90 Å². The molecule has 8 nitrogen and oxygen atoms in total.